The summed E-state index contributed by atoms with van der Waals surface area (Å²) >= 11 is 1.36. The van der Waals surface area contributed by atoms with Crippen molar-refractivity contribution in [1.82, 2.24) is 15.8 Å². The Kier molecular flexibility index (Phi) is 5.37. The molecule has 0 spiro atoms. The van der Waals surface area contributed by atoms with Gasteiger partial charge in [0.25, 0.3) is 0 Å². The second-order valence-electron chi connectivity index (χ2n) is 5.83. The predicted octanol–water partition coefficient (Wildman–Crippen LogP) is 1.58. The summed E-state index contributed by atoms with van der Waals surface area (Å²) in [4.78, 5) is 24.4. The molecule has 2 heterocycles. The number of aryl methyl sites for hydroxylation is 1. The summed E-state index contributed by atoms with van der Waals surface area (Å²) in [5, 5.41) is 8.76. The normalized spacial score (nSPS) is 20.2. The largest absolute Gasteiger partial charge is 0.359 e. The van der Waals surface area contributed by atoms with Crippen LogP contribution < -0.4 is 10.6 Å². The Hall–Kier alpha value is -2.35. The Morgan fingerprint density at radius 1 is 1.48 bits per heavy atom. The lowest BCUT2D eigenvalue weighted by molar-refractivity contribution is -0.128. The lowest BCUT2D eigenvalue weighted by Crippen LogP contribution is -2.54. The van der Waals surface area contributed by atoms with Crippen molar-refractivity contribution in [3.05, 3.63) is 53.2 Å². The minimum atomic E-state index is -0.613. The number of rotatable bonds is 5. The Morgan fingerprint density at radius 3 is 2.96 bits per heavy atom. The first-order valence-corrected chi connectivity index (χ1v) is 8.93. The van der Waals surface area contributed by atoms with E-state index in [9.17, 15) is 14.0 Å². The smallest absolute Gasteiger partial charge is 0.243 e. The zero-order chi connectivity index (χ0) is 17.8. The van der Waals surface area contributed by atoms with Crippen LogP contribution in [0.2, 0.25) is 0 Å². The summed E-state index contributed by atoms with van der Waals surface area (Å²) in [6.45, 7) is 2.01. The fraction of sp³-hybridized carbons (Fsp3) is 0.353. The number of amides is 2. The Morgan fingerprint density at radius 2 is 2.28 bits per heavy atom. The highest BCUT2D eigenvalue weighted by Crippen LogP contribution is 2.23. The fourth-order valence-corrected chi connectivity index (χ4v) is 3.72. The lowest BCUT2D eigenvalue weighted by atomic mass is 10.1. The van der Waals surface area contributed by atoms with Crippen LogP contribution in [0.5, 0.6) is 0 Å². The first kappa shape index (κ1) is 17.5. The molecule has 1 aromatic carbocycles. The lowest BCUT2D eigenvalue weighted by Gasteiger charge is -2.28. The van der Waals surface area contributed by atoms with Crippen LogP contribution in [0, 0.1) is 12.7 Å². The SMILES string of the molecule is Cc1cc(CNC(=O)[C@@H]2CS[C@H](Cc3ccccc3F)C(=O)N2)on1. The van der Waals surface area contributed by atoms with Crippen LogP contribution in [0.15, 0.2) is 34.9 Å². The van der Waals surface area contributed by atoms with Gasteiger partial charge < -0.3 is 15.2 Å². The molecule has 1 aliphatic heterocycles. The van der Waals surface area contributed by atoms with E-state index in [-0.39, 0.29) is 24.2 Å². The number of benzene rings is 1. The number of nitrogens with zero attached hydrogens (tertiary/aromatic N) is 1. The van der Waals surface area contributed by atoms with Gasteiger partial charge in [0, 0.05) is 11.8 Å². The van der Waals surface area contributed by atoms with E-state index in [0.717, 1.165) is 5.69 Å². The van der Waals surface area contributed by atoms with Gasteiger partial charge in [-0.3, -0.25) is 9.59 Å². The molecule has 6 nitrogen and oxygen atoms in total. The van der Waals surface area contributed by atoms with Gasteiger partial charge in [-0.1, -0.05) is 23.4 Å². The monoisotopic (exact) mass is 363 g/mol. The molecule has 2 amide bonds. The van der Waals surface area contributed by atoms with E-state index >= 15 is 0 Å². The van der Waals surface area contributed by atoms with E-state index in [0.29, 0.717) is 23.5 Å². The quantitative estimate of drug-likeness (QED) is 0.843. The van der Waals surface area contributed by atoms with E-state index in [1.165, 1.54) is 17.8 Å². The van der Waals surface area contributed by atoms with Crippen LogP contribution in [0.25, 0.3) is 0 Å². The van der Waals surface area contributed by atoms with Crippen molar-refractivity contribution in [2.45, 2.75) is 31.2 Å². The van der Waals surface area contributed by atoms with Crippen LogP contribution in [-0.2, 0) is 22.6 Å². The first-order valence-electron chi connectivity index (χ1n) is 7.88. The summed E-state index contributed by atoms with van der Waals surface area (Å²) in [7, 11) is 0. The highest BCUT2D eigenvalue weighted by atomic mass is 32.2. The van der Waals surface area contributed by atoms with E-state index in [1.54, 1.807) is 31.2 Å². The molecule has 2 aromatic rings. The van der Waals surface area contributed by atoms with Gasteiger partial charge >= 0.3 is 0 Å². The van der Waals surface area contributed by atoms with Gasteiger partial charge in [-0.15, -0.1) is 11.8 Å². The zero-order valence-corrected chi connectivity index (χ0v) is 14.4. The summed E-state index contributed by atoms with van der Waals surface area (Å²) in [5.74, 6) is 0.136. The molecule has 2 atom stereocenters. The number of halogens is 1. The molecule has 2 N–H and O–H groups in total. The fourth-order valence-electron chi connectivity index (χ4n) is 2.55. The van der Waals surface area contributed by atoms with Gasteiger partial charge in [-0.25, -0.2) is 4.39 Å². The molecule has 0 radical (unpaired) electrons. The van der Waals surface area contributed by atoms with Crippen molar-refractivity contribution in [2.75, 3.05) is 5.75 Å². The number of aromatic nitrogens is 1. The molecule has 0 saturated carbocycles. The van der Waals surface area contributed by atoms with Crippen molar-refractivity contribution in [3.8, 4) is 0 Å². The summed E-state index contributed by atoms with van der Waals surface area (Å²) in [5.41, 5.74) is 1.24. The average Bonchev–Trinajstić information content (AvgIpc) is 3.02. The number of hydrogen-bond donors (Lipinski definition) is 2. The van der Waals surface area contributed by atoms with E-state index in [4.69, 9.17) is 4.52 Å². The molecule has 1 fully saturated rings. The molecular weight excluding hydrogens is 345 g/mol. The third-order valence-electron chi connectivity index (χ3n) is 3.87. The first-order chi connectivity index (χ1) is 12.0. The number of hydrogen-bond acceptors (Lipinski definition) is 5. The number of thioether (sulfide) groups is 1. The van der Waals surface area contributed by atoms with Gasteiger partial charge in [0.15, 0.2) is 5.76 Å². The average molecular weight is 363 g/mol. The molecule has 1 aromatic heterocycles. The minimum Gasteiger partial charge on any atom is -0.359 e. The van der Waals surface area contributed by atoms with E-state index < -0.39 is 11.3 Å². The van der Waals surface area contributed by atoms with Crippen LogP contribution in [0.4, 0.5) is 4.39 Å². The zero-order valence-electron chi connectivity index (χ0n) is 13.6. The maximum atomic E-state index is 13.7. The predicted molar refractivity (Wildman–Crippen MR) is 91.4 cm³/mol. The molecule has 3 rings (SSSR count). The van der Waals surface area contributed by atoms with Gasteiger partial charge in [0.05, 0.1) is 17.5 Å². The highest BCUT2D eigenvalue weighted by Gasteiger charge is 2.32. The van der Waals surface area contributed by atoms with Crippen LogP contribution in [0.3, 0.4) is 0 Å². The summed E-state index contributed by atoms with van der Waals surface area (Å²) in [6.07, 6.45) is 0.300. The molecule has 0 bridgehead atoms. The van der Waals surface area contributed by atoms with E-state index in [1.807, 2.05) is 0 Å². The number of carbonyl (C=O) groups is 2. The molecule has 25 heavy (non-hydrogen) atoms. The van der Waals surface area contributed by atoms with Gasteiger partial charge in [-0.2, -0.15) is 0 Å². The second kappa shape index (κ2) is 7.69. The molecule has 1 saturated heterocycles. The maximum absolute atomic E-state index is 13.7. The standard InChI is InChI=1S/C17H18FN3O3S/c1-10-6-12(24-21-10)8-19-16(22)14-9-25-15(17(23)20-14)7-11-4-2-3-5-13(11)18/h2-6,14-15H,7-9H2,1H3,(H,19,22)(H,20,23)/t14-,15+/m0/s1. The van der Waals surface area contributed by atoms with Gasteiger partial charge in [0.1, 0.15) is 11.9 Å². The summed E-state index contributed by atoms with van der Waals surface area (Å²) in [6, 6.07) is 7.52. The molecular formula is C17H18FN3O3S. The van der Waals surface area contributed by atoms with Gasteiger partial charge in [0.2, 0.25) is 11.8 Å². The number of carbonyl (C=O) groups excluding carboxylic acids is 2. The molecule has 1 aliphatic rings. The van der Waals surface area contributed by atoms with Gasteiger partial charge in [-0.05, 0) is 25.0 Å². The van der Waals surface area contributed by atoms with E-state index in [2.05, 4.69) is 15.8 Å². The molecule has 0 aliphatic carbocycles. The van der Waals surface area contributed by atoms with Crippen LogP contribution in [-0.4, -0.2) is 34.0 Å². The third-order valence-corrected chi connectivity index (χ3v) is 5.18. The van der Waals surface area contributed by atoms with Crippen LogP contribution in [0.1, 0.15) is 17.0 Å². The topological polar surface area (TPSA) is 84.2 Å². The van der Waals surface area contributed by atoms with Crippen LogP contribution >= 0.6 is 11.8 Å². The molecule has 8 heteroatoms. The van der Waals surface area contributed by atoms with Crippen molar-refractivity contribution in [2.24, 2.45) is 0 Å². The Balaban J connectivity index is 1.51. The van der Waals surface area contributed by atoms with Crippen molar-refractivity contribution in [3.63, 3.8) is 0 Å². The molecule has 0 unspecified atom stereocenters. The maximum Gasteiger partial charge on any atom is 0.243 e. The Labute approximate surface area is 148 Å². The second-order valence-corrected chi connectivity index (χ2v) is 7.07. The van der Waals surface area contributed by atoms with Crippen molar-refractivity contribution < 1.29 is 18.5 Å². The minimum absolute atomic E-state index is 0.218. The van der Waals surface area contributed by atoms with Crippen molar-refractivity contribution in [1.29, 1.82) is 0 Å². The third kappa shape index (κ3) is 4.39. The van der Waals surface area contributed by atoms with Crippen molar-refractivity contribution >= 4 is 23.6 Å². The Bertz CT molecular complexity index is 780. The summed E-state index contributed by atoms with van der Waals surface area (Å²) < 4.78 is 18.7. The highest BCUT2D eigenvalue weighted by molar-refractivity contribution is 8.00. The number of nitrogens with one attached hydrogen (secondary N) is 2. The molecule has 132 valence electrons.